The summed E-state index contributed by atoms with van der Waals surface area (Å²) in [5.74, 6) is 0.302. The van der Waals surface area contributed by atoms with E-state index in [-0.39, 0.29) is 0 Å². The summed E-state index contributed by atoms with van der Waals surface area (Å²) < 4.78 is 0. The third-order valence-electron chi connectivity index (χ3n) is 1.48. The first-order valence-electron chi connectivity index (χ1n) is 3.77. The molecular formula is C9H16N2. The van der Waals surface area contributed by atoms with Crippen LogP contribution < -0.4 is 0 Å². The number of rotatable bonds is 3. The quantitative estimate of drug-likeness (QED) is 0.602. The lowest BCUT2D eigenvalue weighted by molar-refractivity contribution is 0.882. The molecule has 0 heterocycles. The van der Waals surface area contributed by atoms with Crippen LogP contribution in [0.25, 0.3) is 0 Å². The second-order valence-electron chi connectivity index (χ2n) is 2.81. The number of aliphatic imine (C=N–C) groups is 1. The topological polar surface area (TPSA) is 36.2 Å². The summed E-state index contributed by atoms with van der Waals surface area (Å²) >= 11 is 0. The molecule has 0 saturated heterocycles. The molecule has 1 N–H and O–H groups in total. The van der Waals surface area contributed by atoms with Crippen molar-refractivity contribution in [2.24, 2.45) is 10.9 Å². The number of hydrogen-bond donors (Lipinski definition) is 1. The van der Waals surface area contributed by atoms with Gasteiger partial charge in [0.25, 0.3) is 0 Å². The molecule has 0 fully saturated rings. The minimum atomic E-state index is 0.302. The average molecular weight is 152 g/mol. The molecule has 0 aliphatic heterocycles. The standard InChI is InChI=1S/C9H16N2/c1-7(2)9(10)6-5-8(3)11-4/h5-7,10H,1-4H3/b6-5-,10-9?,11-8-. The summed E-state index contributed by atoms with van der Waals surface area (Å²) in [6.07, 6.45) is 3.66. The Hall–Kier alpha value is -0.920. The maximum absolute atomic E-state index is 7.47. The van der Waals surface area contributed by atoms with Gasteiger partial charge in [0.2, 0.25) is 0 Å². The van der Waals surface area contributed by atoms with Crippen LogP contribution in [0.1, 0.15) is 20.8 Å². The van der Waals surface area contributed by atoms with E-state index in [1.807, 2.05) is 26.8 Å². The van der Waals surface area contributed by atoms with Gasteiger partial charge in [0.1, 0.15) is 0 Å². The van der Waals surface area contributed by atoms with E-state index in [1.165, 1.54) is 0 Å². The predicted octanol–water partition coefficient (Wildman–Crippen LogP) is 2.31. The zero-order valence-electron chi connectivity index (χ0n) is 7.68. The summed E-state index contributed by atoms with van der Waals surface area (Å²) in [6, 6.07) is 0. The van der Waals surface area contributed by atoms with Gasteiger partial charge in [0, 0.05) is 18.5 Å². The van der Waals surface area contributed by atoms with E-state index < -0.39 is 0 Å². The molecule has 0 atom stereocenters. The number of nitrogens with one attached hydrogen (secondary N) is 1. The van der Waals surface area contributed by atoms with Gasteiger partial charge in [0.15, 0.2) is 0 Å². The maximum Gasteiger partial charge on any atom is 0.0339 e. The van der Waals surface area contributed by atoms with Crippen LogP contribution in [-0.4, -0.2) is 18.5 Å². The Morgan fingerprint density at radius 2 is 1.91 bits per heavy atom. The highest BCUT2D eigenvalue weighted by atomic mass is 14.7. The number of hydrogen-bond acceptors (Lipinski definition) is 2. The van der Waals surface area contributed by atoms with E-state index >= 15 is 0 Å². The fourth-order valence-corrected chi connectivity index (χ4v) is 0.477. The van der Waals surface area contributed by atoms with Crippen LogP contribution in [0.15, 0.2) is 17.1 Å². The van der Waals surface area contributed by atoms with E-state index in [9.17, 15) is 0 Å². The Morgan fingerprint density at radius 1 is 1.36 bits per heavy atom. The smallest absolute Gasteiger partial charge is 0.0339 e. The molecule has 2 heteroatoms. The number of allylic oxidation sites excluding steroid dienone is 2. The molecule has 0 aliphatic rings. The lowest BCUT2D eigenvalue weighted by atomic mass is 10.1. The zero-order valence-corrected chi connectivity index (χ0v) is 7.68. The van der Waals surface area contributed by atoms with Gasteiger partial charge < -0.3 is 5.41 Å². The summed E-state index contributed by atoms with van der Waals surface area (Å²) in [7, 11) is 1.75. The Balaban J connectivity index is 4.04. The Labute approximate surface area is 68.5 Å². The second-order valence-corrected chi connectivity index (χ2v) is 2.81. The average Bonchev–Trinajstić information content (AvgIpc) is 1.99. The molecule has 11 heavy (non-hydrogen) atoms. The summed E-state index contributed by atoms with van der Waals surface area (Å²) in [5.41, 5.74) is 1.60. The molecule has 0 spiro atoms. The van der Waals surface area contributed by atoms with E-state index in [2.05, 4.69) is 4.99 Å². The first kappa shape index (κ1) is 10.1. The van der Waals surface area contributed by atoms with Gasteiger partial charge in [-0.1, -0.05) is 13.8 Å². The highest BCUT2D eigenvalue weighted by Gasteiger charge is 1.95. The predicted molar refractivity (Wildman–Crippen MR) is 50.7 cm³/mol. The minimum Gasteiger partial charge on any atom is -0.305 e. The normalized spacial score (nSPS) is 13.0. The molecule has 0 aromatic heterocycles. The van der Waals surface area contributed by atoms with Gasteiger partial charge in [-0.25, -0.2) is 0 Å². The first-order chi connectivity index (χ1) is 5.07. The molecule has 0 bridgehead atoms. The summed E-state index contributed by atoms with van der Waals surface area (Å²) in [4.78, 5) is 3.95. The molecule has 0 aromatic rings. The van der Waals surface area contributed by atoms with Gasteiger partial charge in [-0.2, -0.15) is 0 Å². The van der Waals surface area contributed by atoms with Gasteiger partial charge in [-0.05, 0) is 25.0 Å². The van der Waals surface area contributed by atoms with Crippen LogP contribution in [0.2, 0.25) is 0 Å². The van der Waals surface area contributed by atoms with Crippen LogP contribution in [0.4, 0.5) is 0 Å². The Bertz CT molecular complexity index is 188. The molecule has 0 radical (unpaired) electrons. The molecule has 62 valence electrons. The molecule has 0 saturated carbocycles. The van der Waals surface area contributed by atoms with Crippen molar-refractivity contribution in [2.45, 2.75) is 20.8 Å². The fourth-order valence-electron chi connectivity index (χ4n) is 0.477. The van der Waals surface area contributed by atoms with Gasteiger partial charge >= 0.3 is 0 Å². The van der Waals surface area contributed by atoms with Crippen molar-refractivity contribution in [3.8, 4) is 0 Å². The van der Waals surface area contributed by atoms with E-state index in [1.54, 1.807) is 13.1 Å². The maximum atomic E-state index is 7.47. The van der Waals surface area contributed by atoms with E-state index in [0.717, 1.165) is 5.71 Å². The molecule has 0 aliphatic carbocycles. The molecule has 2 nitrogen and oxygen atoms in total. The van der Waals surface area contributed by atoms with Crippen LogP contribution >= 0.6 is 0 Å². The van der Waals surface area contributed by atoms with Crippen molar-refractivity contribution < 1.29 is 0 Å². The third-order valence-corrected chi connectivity index (χ3v) is 1.48. The Morgan fingerprint density at radius 3 is 2.27 bits per heavy atom. The lowest BCUT2D eigenvalue weighted by Crippen LogP contribution is -2.01. The minimum absolute atomic E-state index is 0.302. The van der Waals surface area contributed by atoms with Crippen molar-refractivity contribution in [3.63, 3.8) is 0 Å². The molecule has 0 rings (SSSR count). The third kappa shape index (κ3) is 4.48. The summed E-state index contributed by atoms with van der Waals surface area (Å²) in [6.45, 7) is 5.93. The van der Waals surface area contributed by atoms with Crippen molar-refractivity contribution in [1.82, 2.24) is 0 Å². The fraction of sp³-hybridized carbons (Fsp3) is 0.556. The largest absolute Gasteiger partial charge is 0.305 e. The van der Waals surface area contributed by atoms with Crippen LogP contribution in [0.5, 0.6) is 0 Å². The molecular weight excluding hydrogens is 136 g/mol. The van der Waals surface area contributed by atoms with Crippen LogP contribution in [0, 0.1) is 11.3 Å². The van der Waals surface area contributed by atoms with Crippen molar-refractivity contribution in [2.75, 3.05) is 7.05 Å². The van der Waals surface area contributed by atoms with Gasteiger partial charge in [0.05, 0.1) is 0 Å². The molecule has 0 aromatic carbocycles. The lowest BCUT2D eigenvalue weighted by Gasteiger charge is -1.99. The second kappa shape index (κ2) is 4.83. The summed E-state index contributed by atoms with van der Waals surface area (Å²) in [5, 5.41) is 7.47. The monoisotopic (exact) mass is 152 g/mol. The molecule has 0 amide bonds. The number of nitrogens with zero attached hydrogens (tertiary/aromatic N) is 1. The van der Waals surface area contributed by atoms with Gasteiger partial charge in [-0.15, -0.1) is 0 Å². The first-order valence-corrected chi connectivity index (χ1v) is 3.77. The van der Waals surface area contributed by atoms with Crippen molar-refractivity contribution in [3.05, 3.63) is 12.2 Å². The van der Waals surface area contributed by atoms with Crippen molar-refractivity contribution >= 4 is 11.4 Å². The zero-order chi connectivity index (χ0) is 8.85. The van der Waals surface area contributed by atoms with Gasteiger partial charge in [-0.3, -0.25) is 4.99 Å². The van der Waals surface area contributed by atoms with E-state index in [0.29, 0.717) is 11.6 Å². The van der Waals surface area contributed by atoms with Crippen LogP contribution in [0.3, 0.4) is 0 Å². The van der Waals surface area contributed by atoms with Crippen molar-refractivity contribution in [1.29, 1.82) is 5.41 Å². The molecule has 0 unspecified atom stereocenters. The highest BCUT2D eigenvalue weighted by Crippen LogP contribution is 1.95. The highest BCUT2D eigenvalue weighted by molar-refractivity contribution is 6.01. The Kier molecular flexibility index (Phi) is 4.42. The SMILES string of the molecule is C/N=C(C)\C=C/C(=N)C(C)C. The van der Waals surface area contributed by atoms with Crippen LogP contribution in [-0.2, 0) is 0 Å². The van der Waals surface area contributed by atoms with E-state index in [4.69, 9.17) is 5.41 Å².